The molecule has 176 valence electrons. The predicted molar refractivity (Wildman–Crippen MR) is 127 cm³/mol. The Morgan fingerprint density at radius 2 is 1.61 bits per heavy atom. The zero-order valence-corrected chi connectivity index (χ0v) is 19.1. The summed E-state index contributed by atoms with van der Waals surface area (Å²) in [4.78, 5) is 33.6. The number of amides is 1. The summed E-state index contributed by atoms with van der Waals surface area (Å²) in [6, 6.07) is 9.05. The number of carboxylic acid groups (broad SMARTS) is 1. The number of carbonyl (C=O) groups is 2. The van der Waals surface area contributed by atoms with Crippen LogP contribution in [0.4, 0.5) is 5.69 Å². The quantitative estimate of drug-likeness (QED) is 0.746. The number of benzene rings is 1. The van der Waals surface area contributed by atoms with Gasteiger partial charge in [-0.3, -0.25) is 14.7 Å². The number of nitrogens with zero attached hydrogens (tertiary/aromatic N) is 3. The molecule has 1 aromatic carbocycles. The van der Waals surface area contributed by atoms with Gasteiger partial charge in [-0.05, 0) is 68.1 Å². The van der Waals surface area contributed by atoms with Crippen molar-refractivity contribution in [1.82, 2.24) is 9.88 Å². The standard InChI is InChI=1S/C26H33N3O4/c30-25(20-8-12-27-13-9-20)29-15-5-3-1-2-4-14-28(23-10-16-33-17-11-23)19-22-18-21(26(31)32)6-7-24(22)29/h6-9,12-13,18,23H,1-5,10-11,14-17,19H2,(H,31,32). The molecule has 0 unspecified atom stereocenters. The molecule has 33 heavy (non-hydrogen) atoms. The average Bonchev–Trinajstić information content (AvgIpc) is 2.85. The number of hydrogen-bond acceptors (Lipinski definition) is 5. The average molecular weight is 452 g/mol. The number of hydrogen-bond donors (Lipinski definition) is 1. The van der Waals surface area contributed by atoms with Crippen molar-refractivity contribution in [2.75, 3.05) is 31.2 Å². The Kier molecular flexibility index (Phi) is 8.07. The highest BCUT2D eigenvalue weighted by molar-refractivity contribution is 6.06. The first-order valence-corrected chi connectivity index (χ1v) is 12.0. The monoisotopic (exact) mass is 451 g/mol. The van der Waals surface area contributed by atoms with Crippen LogP contribution in [0.3, 0.4) is 0 Å². The molecule has 7 nitrogen and oxygen atoms in total. The summed E-state index contributed by atoms with van der Waals surface area (Å²) in [7, 11) is 0. The maximum absolute atomic E-state index is 13.5. The number of pyridine rings is 1. The lowest BCUT2D eigenvalue weighted by Crippen LogP contribution is -2.40. The molecule has 7 heteroatoms. The molecule has 0 atom stereocenters. The number of aromatic carboxylic acids is 1. The van der Waals surface area contributed by atoms with Crippen LogP contribution in [0, 0.1) is 0 Å². The van der Waals surface area contributed by atoms with Gasteiger partial charge in [0, 0.05) is 56.0 Å². The third-order valence-corrected chi connectivity index (χ3v) is 6.70. The summed E-state index contributed by atoms with van der Waals surface area (Å²) in [5, 5.41) is 9.65. The van der Waals surface area contributed by atoms with Crippen molar-refractivity contribution in [1.29, 1.82) is 0 Å². The van der Waals surface area contributed by atoms with Crippen LogP contribution in [0.2, 0.25) is 0 Å². The summed E-state index contributed by atoms with van der Waals surface area (Å²) in [6.45, 7) is 3.73. The number of ether oxygens (including phenoxy) is 1. The van der Waals surface area contributed by atoms with E-state index in [9.17, 15) is 14.7 Å². The third-order valence-electron chi connectivity index (χ3n) is 6.70. The van der Waals surface area contributed by atoms with Crippen molar-refractivity contribution in [3.8, 4) is 0 Å². The third kappa shape index (κ3) is 5.97. The number of rotatable bonds is 3. The Morgan fingerprint density at radius 1 is 0.909 bits per heavy atom. The van der Waals surface area contributed by atoms with Gasteiger partial charge in [-0.15, -0.1) is 0 Å². The van der Waals surface area contributed by atoms with Crippen molar-refractivity contribution < 1.29 is 19.4 Å². The Balaban J connectivity index is 1.73. The van der Waals surface area contributed by atoms with Crippen LogP contribution >= 0.6 is 0 Å². The second-order valence-corrected chi connectivity index (χ2v) is 8.92. The molecule has 0 saturated carbocycles. The van der Waals surface area contributed by atoms with Gasteiger partial charge in [-0.2, -0.15) is 0 Å². The first kappa shape index (κ1) is 23.4. The maximum atomic E-state index is 13.5. The fraction of sp³-hybridized carbons (Fsp3) is 0.500. The molecular weight excluding hydrogens is 418 g/mol. The normalized spacial score (nSPS) is 19.2. The summed E-state index contributed by atoms with van der Waals surface area (Å²) < 4.78 is 5.58. The number of carboxylic acids is 1. The zero-order valence-electron chi connectivity index (χ0n) is 19.1. The fourth-order valence-corrected chi connectivity index (χ4v) is 4.87. The molecule has 2 aliphatic rings. The van der Waals surface area contributed by atoms with Gasteiger partial charge in [-0.1, -0.05) is 19.3 Å². The second-order valence-electron chi connectivity index (χ2n) is 8.92. The van der Waals surface area contributed by atoms with E-state index in [2.05, 4.69) is 9.88 Å². The van der Waals surface area contributed by atoms with Crippen LogP contribution in [-0.4, -0.2) is 59.2 Å². The summed E-state index contributed by atoms with van der Waals surface area (Å²) in [5.74, 6) is -1.02. The van der Waals surface area contributed by atoms with E-state index >= 15 is 0 Å². The van der Waals surface area contributed by atoms with Gasteiger partial charge in [0.1, 0.15) is 0 Å². The topological polar surface area (TPSA) is 83.0 Å². The highest BCUT2D eigenvalue weighted by Crippen LogP contribution is 2.29. The van der Waals surface area contributed by atoms with Crippen molar-refractivity contribution in [3.63, 3.8) is 0 Å². The molecule has 1 amide bonds. The number of carbonyl (C=O) groups excluding carboxylic acids is 1. The lowest BCUT2D eigenvalue weighted by Gasteiger charge is -2.36. The highest BCUT2D eigenvalue weighted by Gasteiger charge is 2.26. The smallest absolute Gasteiger partial charge is 0.335 e. The van der Waals surface area contributed by atoms with E-state index < -0.39 is 5.97 Å². The number of aromatic nitrogens is 1. The molecule has 0 spiro atoms. The van der Waals surface area contributed by atoms with Gasteiger partial charge in [0.15, 0.2) is 0 Å². The lowest BCUT2D eigenvalue weighted by molar-refractivity contribution is 0.0303. The number of fused-ring (bicyclic) bond motifs is 1. The van der Waals surface area contributed by atoms with Crippen LogP contribution in [0.5, 0.6) is 0 Å². The van der Waals surface area contributed by atoms with E-state index in [1.165, 1.54) is 6.42 Å². The van der Waals surface area contributed by atoms with E-state index in [1.54, 1.807) is 36.7 Å². The highest BCUT2D eigenvalue weighted by atomic mass is 16.5. The Bertz CT molecular complexity index is 944. The Hall–Kier alpha value is -2.77. The van der Waals surface area contributed by atoms with Crippen LogP contribution in [0.15, 0.2) is 42.7 Å². The van der Waals surface area contributed by atoms with Gasteiger partial charge in [0.2, 0.25) is 0 Å². The van der Waals surface area contributed by atoms with E-state index in [4.69, 9.17) is 4.74 Å². The van der Waals surface area contributed by atoms with Crippen molar-refractivity contribution in [2.45, 2.75) is 57.5 Å². The summed E-state index contributed by atoms with van der Waals surface area (Å²) >= 11 is 0. The molecule has 0 bridgehead atoms. The minimum absolute atomic E-state index is 0.0728. The van der Waals surface area contributed by atoms with Gasteiger partial charge in [0.05, 0.1) is 5.56 Å². The summed E-state index contributed by atoms with van der Waals surface area (Å²) in [5.41, 5.74) is 2.54. The largest absolute Gasteiger partial charge is 0.478 e. The van der Waals surface area contributed by atoms with Crippen LogP contribution in [0.1, 0.15) is 71.2 Å². The maximum Gasteiger partial charge on any atom is 0.335 e. The Labute approximate surface area is 195 Å². The van der Waals surface area contributed by atoms with E-state index in [0.29, 0.717) is 24.7 Å². The minimum Gasteiger partial charge on any atom is -0.478 e. The SMILES string of the molecule is O=C(O)c1ccc2c(c1)CN(C1CCOCC1)CCCCCCCN2C(=O)c1ccncc1. The van der Waals surface area contributed by atoms with Crippen molar-refractivity contribution in [2.24, 2.45) is 0 Å². The van der Waals surface area contributed by atoms with Crippen LogP contribution in [-0.2, 0) is 11.3 Å². The molecule has 0 aliphatic carbocycles. The van der Waals surface area contributed by atoms with Gasteiger partial charge in [0.25, 0.3) is 5.91 Å². The van der Waals surface area contributed by atoms with E-state index in [-0.39, 0.29) is 11.5 Å². The van der Waals surface area contributed by atoms with Gasteiger partial charge < -0.3 is 14.7 Å². The Morgan fingerprint density at radius 3 is 2.33 bits per heavy atom. The first-order chi connectivity index (χ1) is 16.1. The predicted octanol–water partition coefficient (Wildman–Crippen LogP) is 4.37. The van der Waals surface area contributed by atoms with Gasteiger partial charge in [-0.25, -0.2) is 4.79 Å². The van der Waals surface area contributed by atoms with E-state index in [0.717, 1.165) is 69.5 Å². The zero-order chi connectivity index (χ0) is 23.0. The van der Waals surface area contributed by atoms with Gasteiger partial charge >= 0.3 is 5.97 Å². The number of anilines is 1. The molecule has 1 aromatic heterocycles. The molecule has 3 heterocycles. The van der Waals surface area contributed by atoms with Crippen molar-refractivity contribution >= 4 is 17.6 Å². The summed E-state index contributed by atoms with van der Waals surface area (Å²) in [6.07, 6.45) is 10.7. The lowest BCUT2D eigenvalue weighted by atomic mass is 10.0. The molecule has 1 saturated heterocycles. The molecular formula is C26H33N3O4. The molecule has 1 N–H and O–H groups in total. The minimum atomic E-state index is -0.950. The van der Waals surface area contributed by atoms with Crippen molar-refractivity contribution in [3.05, 3.63) is 59.4 Å². The molecule has 4 rings (SSSR count). The first-order valence-electron chi connectivity index (χ1n) is 12.0. The van der Waals surface area contributed by atoms with Crippen LogP contribution < -0.4 is 4.90 Å². The molecule has 2 aliphatic heterocycles. The van der Waals surface area contributed by atoms with E-state index in [1.807, 2.05) is 11.0 Å². The van der Waals surface area contributed by atoms with Crippen LogP contribution in [0.25, 0.3) is 0 Å². The fourth-order valence-electron chi connectivity index (χ4n) is 4.87. The molecule has 2 aromatic rings. The molecule has 1 fully saturated rings. The second kappa shape index (κ2) is 11.4. The molecule has 0 radical (unpaired) electrons.